The van der Waals surface area contributed by atoms with Gasteiger partial charge in [-0.3, -0.25) is 4.79 Å². The van der Waals surface area contributed by atoms with Gasteiger partial charge in [-0.2, -0.15) is 0 Å². The Labute approximate surface area is 192 Å². The number of hydrogen-bond donors (Lipinski definition) is 1. The number of carbonyl (C=O) groups excluding carboxylic acids is 1. The van der Waals surface area contributed by atoms with E-state index in [1.165, 1.54) is 29.7 Å². The molecule has 0 radical (unpaired) electrons. The molecule has 1 fully saturated rings. The molecule has 1 atom stereocenters. The highest BCUT2D eigenvalue weighted by atomic mass is 32.2. The SMILES string of the molecule is CSc1ccc2c(c1)C1(CCCCC1)CN2C(=O)c1cccc(S(=O)NC(C)(C)C)c1. The zero-order chi connectivity index (χ0) is 22.2. The van der Waals surface area contributed by atoms with Gasteiger partial charge in [0, 0.05) is 33.6 Å². The predicted octanol–water partition coefficient (Wildman–Crippen LogP) is 5.68. The van der Waals surface area contributed by atoms with Crippen molar-refractivity contribution < 1.29 is 9.00 Å². The maximum absolute atomic E-state index is 13.7. The van der Waals surface area contributed by atoms with E-state index in [1.54, 1.807) is 17.8 Å². The number of benzene rings is 2. The fourth-order valence-corrected chi connectivity index (χ4v) is 6.40. The van der Waals surface area contributed by atoms with Crippen molar-refractivity contribution in [2.45, 2.75) is 73.6 Å². The summed E-state index contributed by atoms with van der Waals surface area (Å²) in [6, 6.07) is 13.8. The van der Waals surface area contributed by atoms with Crippen LogP contribution >= 0.6 is 11.8 Å². The van der Waals surface area contributed by atoms with Gasteiger partial charge in [-0.05, 0) is 81.8 Å². The molecule has 2 aromatic carbocycles. The lowest BCUT2D eigenvalue weighted by Gasteiger charge is -2.34. The molecule has 4 rings (SSSR count). The molecule has 6 heteroatoms. The monoisotopic (exact) mass is 456 g/mol. The van der Waals surface area contributed by atoms with Crippen molar-refractivity contribution in [1.82, 2.24) is 4.72 Å². The summed E-state index contributed by atoms with van der Waals surface area (Å²) in [5.74, 6) is -0.00444. The molecule has 1 heterocycles. The molecule has 1 N–H and O–H groups in total. The third kappa shape index (κ3) is 4.62. The summed E-state index contributed by atoms with van der Waals surface area (Å²) in [7, 11) is -1.36. The summed E-state index contributed by atoms with van der Waals surface area (Å²) >= 11 is 1.75. The quantitative estimate of drug-likeness (QED) is 0.602. The van der Waals surface area contributed by atoms with Crippen LogP contribution in [0.2, 0.25) is 0 Å². The molecule has 0 aromatic heterocycles. The van der Waals surface area contributed by atoms with Gasteiger partial charge in [-0.25, -0.2) is 8.93 Å². The van der Waals surface area contributed by atoms with Crippen LogP contribution in [-0.4, -0.2) is 28.5 Å². The minimum absolute atomic E-state index is 0.00444. The standard InChI is InChI=1S/C25H32N2O2S2/c1-24(2,3)26-31(29)20-10-8-9-18(15-20)23(28)27-17-25(13-6-5-7-14-25)21-16-19(30-4)11-12-22(21)27/h8-12,15-16,26H,5-7,13-14,17H2,1-4H3. The fraction of sp³-hybridized carbons (Fsp3) is 0.480. The number of hydrogen-bond acceptors (Lipinski definition) is 3. The van der Waals surface area contributed by atoms with E-state index in [-0.39, 0.29) is 16.9 Å². The maximum atomic E-state index is 13.7. The molecule has 2 aromatic rings. The molecule has 1 spiro atoms. The van der Waals surface area contributed by atoms with Gasteiger partial charge in [0.15, 0.2) is 0 Å². The molecule has 2 aliphatic rings. The van der Waals surface area contributed by atoms with E-state index in [0.29, 0.717) is 10.5 Å². The number of nitrogens with zero attached hydrogens (tertiary/aromatic N) is 1. The number of fused-ring (bicyclic) bond motifs is 2. The van der Waals surface area contributed by atoms with Crippen LogP contribution in [0.4, 0.5) is 5.69 Å². The Morgan fingerprint density at radius 3 is 2.52 bits per heavy atom. The summed E-state index contributed by atoms with van der Waals surface area (Å²) < 4.78 is 15.8. The Morgan fingerprint density at radius 2 is 1.84 bits per heavy atom. The first-order valence-corrected chi connectivity index (χ1v) is 13.4. The molecule has 1 aliphatic heterocycles. The summed E-state index contributed by atoms with van der Waals surface area (Å²) in [5.41, 5.74) is 2.77. The number of rotatable bonds is 4. The predicted molar refractivity (Wildman–Crippen MR) is 130 cm³/mol. The third-order valence-electron chi connectivity index (χ3n) is 6.28. The lowest BCUT2D eigenvalue weighted by atomic mass is 9.71. The van der Waals surface area contributed by atoms with E-state index in [1.807, 2.05) is 43.9 Å². The Kier molecular flexibility index (Phi) is 6.35. The van der Waals surface area contributed by atoms with E-state index in [4.69, 9.17) is 0 Å². The van der Waals surface area contributed by atoms with Gasteiger partial charge in [-0.15, -0.1) is 11.8 Å². The zero-order valence-electron chi connectivity index (χ0n) is 18.9. The topological polar surface area (TPSA) is 49.4 Å². The number of amides is 1. The van der Waals surface area contributed by atoms with E-state index in [2.05, 4.69) is 29.2 Å². The van der Waals surface area contributed by atoms with Crippen molar-refractivity contribution in [2.24, 2.45) is 0 Å². The Bertz CT molecular complexity index is 1010. The van der Waals surface area contributed by atoms with Crippen LogP contribution in [0.1, 0.15) is 68.8 Å². The first-order valence-electron chi connectivity index (χ1n) is 11.0. The summed E-state index contributed by atoms with van der Waals surface area (Å²) in [6.07, 6.45) is 8.10. The molecule has 0 saturated heterocycles. The number of nitrogens with one attached hydrogen (secondary N) is 1. The normalized spacial score (nSPS) is 18.8. The average Bonchev–Trinajstić information content (AvgIpc) is 3.05. The van der Waals surface area contributed by atoms with E-state index in [9.17, 15) is 9.00 Å². The molecule has 0 bridgehead atoms. The van der Waals surface area contributed by atoms with Crippen LogP contribution in [0.15, 0.2) is 52.3 Å². The highest BCUT2D eigenvalue weighted by Crippen LogP contribution is 2.50. The van der Waals surface area contributed by atoms with Gasteiger partial charge in [0.05, 0.1) is 4.90 Å². The van der Waals surface area contributed by atoms with Crippen LogP contribution in [0.5, 0.6) is 0 Å². The number of anilines is 1. The molecule has 1 unspecified atom stereocenters. The van der Waals surface area contributed by atoms with Gasteiger partial charge in [0.25, 0.3) is 5.91 Å². The summed E-state index contributed by atoms with van der Waals surface area (Å²) in [5, 5.41) is 0. The minimum Gasteiger partial charge on any atom is -0.307 e. The first-order chi connectivity index (χ1) is 14.7. The smallest absolute Gasteiger partial charge is 0.258 e. The van der Waals surface area contributed by atoms with Crippen molar-refractivity contribution in [3.8, 4) is 0 Å². The van der Waals surface area contributed by atoms with Gasteiger partial charge in [0.1, 0.15) is 11.0 Å². The first kappa shape index (κ1) is 22.6. The van der Waals surface area contributed by atoms with Crippen LogP contribution in [-0.2, 0) is 16.4 Å². The number of carbonyl (C=O) groups is 1. The molecule has 1 aliphatic carbocycles. The highest BCUT2D eigenvalue weighted by molar-refractivity contribution is 7.98. The lowest BCUT2D eigenvalue weighted by molar-refractivity contribution is 0.0982. The summed E-state index contributed by atoms with van der Waals surface area (Å²) in [6.45, 7) is 6.68. The molecule has 31 heavy (non-hydrogen) atoms. The van der Waals surface area contributed by atoms with Gasteiger partial charge in [0.2, 0.25) is 0 Å². The minimum atomic E-state index is -1.36. The van der Waals surface area contributed by atoms with E-state index >= 15 is 0 Å². The van der Waals surface area contributed by atoms with Crippen molar-refractivity contribution >= 4 is 34.3 Å². The van der Waals surface area contributed by atoms with Gasteiger partial charge in [-0.1, -0.05) is 25.3 Å². The Balaban J connectivity index is 1.67. The van der Waals surface area contributed by atoms with Gasteiger partial charge < -0.3 is 4.90 Å². The van der Waals surface area contributed by atoms with Crippen molar-refractivity contribution in [1.29, 1.82) is 0 Å². The second kappa shape index (κ2) is 8.72. The van der Waals surface area contributed by atoms with E-state index in [0.717, 1.165) is 25.1 Å². The molecular formula is C25H32N2O2S2. The highest BCUT2D eigenvalue weighted by Gasteiger charge is 2.45. The van der Waals surface area contributed by atoms with Crippen LogP contribution in [0.25, 0.3) is 0 Å². The fourth-order valence-electron chi connectivity index (χ4n) is 4.85. The lowest BCUT2D eigenvalue weighted by Crippen LogP contribution is -2.38. The van der Waals surface area contributed by atoms with E-state index < -0.39 is 11.0 Å². The second-order valence-corrected chi connectivity index (χ2v) is 11.9. The third-order valence-corrected chi connectivity index (χ3v) is 8.48. The van der Waals surface area contributed by atoms with Gasteiger partial charge >= 0.3 is 0 Å². The van der Waals surface area contributed by atoms with Crippen LogP contribution < -0.4 is 9.62 Å². The average molecular weight is 457 g/mol. The van der Waals surface area contributed by atoms with Crippen LogP contribution in [0, 0.1) is 0 Å². The zero-order valence-corrected chi connectivity index (χ0v) is 20.5. The Hall–Kier alpha value is -1.63. The van der Waals surface area contributed by atoms with Crippen molar-refractivity contribution in [3.63, 3.8) is 0 Å². The largest absolute Gasteiger partial charge is 0.307 e. The number of thioether (sulfide) groups is 1. The van der Waals surface area contributed by atoms with Crippen LogP contribution in [0.3, 0.4) is 0 Å². The molecule has 1 saturated carbocycles. The summed E-state index contributed by atoms with van der Waals surface area (Å²) in [4.78, 5) is 17.5. The molecule has 4 nitrogen and oxygen atoms in total. The molecule has 166 valence electrons. The van der Waals surface area contributed by atoms with Crippen molar-refractivity contribution in [3.05, 3.63) is 53.6 Å². The molecular weight excluding hydrogens is 424 g/mol. The Morgan fingerprint density at radius 1 is 1.10 bits per heavy atom. The molecule has 1 amide bonds. The second-order valence-electron chi connectivity index (χ2n) is 9.76. The maximum Gasteiger partial charge on any atom is 0.258 e. The van der Waals surface area contributed by atoms with Crippen molar-refractivity contribution in [2.75, 3.05) is 17.7 Å².